The van der Waals surface area contributed by atoms with Crippen LogP contribution in [0.2, 0.25) is 0 Å². The Kier molecular flexibility index (Phi) is 4.45. The van der Waals surface area contributed by atoms with Crippen LogP contribution in [0.15, 0.2) is 24.3 Å². The van der Waals surface area contributed by atoms with Gasteiger partial charge in [-0.3, -0.25) is 10.00 Å². The van der Waals surface area contributed by atoms with E-state index in [4.69, 9.17) is 9.84 Å². The summed E-state index contributed by atoms with van der Waals surface area (Å²) in [6.45, 7) is 6.83. The van der Waals surface area contributed by atoms with Crippen molar-refractivity contribution in [1.29, 1.82) is 0 Å². The third-order valence-corrected chi connectivity index (χ3v) is 4.32. The monoisotopic (exact) mass is 315 g/mol. The van der Waals surface area contributed by atoms with Gasteiger partial charge in [0.15, 0.2) is 0 Å². The summed E-state index contributed by atoms with van der Waals surface area (Å²) in [4.78, 5) is 13.5. The molecule has 0 aliphatic carbocycles. The summed E-state index contributed by atoms with van der Waals surface area (Å²) >= 11 is 0. The Morgan fingerprint density at radius 1 is 1.48 bits per heavy atom. The highest BCUT2D eigenvalue weighted by Crippen LogP contribution is 2.29. The number of H-pyrrole nitrogens is 1. The molecule has 1 atom stereocenters. The van der Waals surface area contributed by atoms with Gasteiger partial charge in [-0.05, 0) is 31.5 Å². The molecule has 3 rings (SSSR count). The number of nitrogens with one attached hydrogen (secondary N) is 1. The molecular weight excluding hydrogens is 294 g/mol. The van der Waals surface area contributed by atoms with Crippen molar-refractivity contribution >= 4 is 5.97 Å². The molecule has 2 heterocycles. The second-order valence-electron chi connectivity index (χ2n) is 5.91. The third-order valence-electron chi connectivity index (χ3n) is 4.32. The van der Waals surface area contributed by atoms with E-state index < -0.39 is 5.97 Å². The van der Waals surface area contributed by atoms with Gasteiger partial charge in [-0.25, -0.2) is 4.79 Å². The number of aryl methyl sites for hydroxylation is 2. The number of rotatable bonds is 4. The molecule has 1 aromatic heterocycles. The first-order valence-corrected chi connectivity index (χ1v) is 7.71. The van der Waals surface area contributed by atoms with E-state index in [-0.39, 0.29) is 6.04 Å². The maximum Gasteiger partial charge on any atom is 0.335 e. The highest BCUT2D eigenvalue weighted by Gasteiger charge is 2.28. The Bertz CT molecular complexity index is 691. The molecule has 1 aromatic carbocycles. The molecular formula is C17H21N3O3. The fourth-order valence-electron chi connectivity index (χ4n) is 3.18. The fraction of sp³-hybridized carbons (Fsp3) is 0.412. The number of hydrogen-bond acceptors (Lipinski definition) is 4. The van der Waals surface area contributed by atoms with Gasteiger partial charge in [-0.15, -0.1) is 0 Å². The van der Waals surface area contributed by atoms with E-state index in [9.17, 15) is 4.79 Å². The molecule has 1 aliphatic heterocycles. The first kappa shape index (κ1) is 15.7. The number of carboxylic acids is 1. The largest absolute Gasteiger partial charge is 0.478 e. The maximum atomic E-state index is 11.1. The van der Waals surface area contributed by atoms with Crippen LogP contribution in [-0.2, 0) is 11.3 Å². The minimum atomic E-state index is -0.896. The van der Waals surface area contributed by atoms with Crippen LogP contribution < -0.4 is 0 Å². The summed E-state index contributed by atoms with van der Waals surface area (Å²) < 4.78 is 5.67. The highest BCUT2D eigenvalue weighted by atomic mass is 16.5. The average Bonchev–Trinajstić information content (AvgIpc) is 2.87. The molecule has 1 unspecified atom stereocenters. The second-order valence-corrected chi connectivity index (χ2v) is 5.91. The van der Waals surface area contributed by atoms with Crippen LogP contribution in [0.25, 0.3) is 0 Å². The summed E-state index contributed by atoms with van der Waals surface area (Å²) in [6.07, 6.45) is 0. The minimum absolute atomic E-state index is 0.135. The molecule has 0 radical (unpaired) electrons. The first-order chi connectivity index (χ1) is 11.1. The molecule has 6 heteroatoms. The van der Waals surface area contributed by atoms with Gasteiger partial charge in [0.05, 0.1) is 30.5 Å². The maximum absolute atomic E-state index is 11.1. The fourth-order valence-corrected chi connectivity index (χ4v) is 3.18. The number of carbonyl (C=O) groups is 1. The quantitative estimate of drug-likeness (QED) is 0.905. The van der Waals surface area contributed by atoms with Gasteiger partial charge < -0.3 is 9.84 Å². The van der Waals surface area contributed by atoms with Crippen LogP contribution in [0.4, 0.5) is 0 Å². The number of hydrogen-bond donors (Lipinski definition) is 2. The Hall–Kier alpha value is -2.18. The molecule has 6 nitrogen and oxygen atoms in total. The van der Waals surface area contributed by atoms with Crippen LogP contribution in [0.1, 0.15) is 38.9 Å². The normalized spacial score (nSPS) is 19.0. The highest BCUT2D eigenvalue weighted by molar-refractivity contribution is 5.87. The number of aromatic nitrogens is 2. The lowest BCUT2D eigenvalue weighted by Gasteiger charge is -2.36. The summed E-state index contributed by atoms with van der Waals surface area (Å²) in [5.74, 6) is -0.896. The van der Waals surface area contributed by atoms with E-state index in [0.29, 0.717) is 25.3 Å². The molecule has 1 aliphatic rings. The predicted molar refractivity (Wildman–Crippen MR) is 85.4 cm³/mol. The summed E-state index contributed by atoms with van der Waals surface area (Å²) in [7, 11) is 0. The standard InChI is InChI=1S/C17H21N3O3/c1-11-16(12(2)19-18-11)15-10-23-7-6-20(15)9-13-4-3-5-14(8-13)17(21)22/h3-5,8,15H,6-7,9-10H2,1-2H3,(H,18,19)(H,21,22). The van der Waals surface area contributed by atoms with E-state index in [1.165, 1.54) is 5.56 Å². The predicted octanol–water partition coefficient (Wildman–Crippen LogP) is 2.30. The van der Waals surface area contributed by atoms with Crippen LogP contribution in [-0.4, -0.2) is 45.9 Å². The molecule has 1 fully saturated rings. The molecule has 122 valence electrons. The molecule has 2 N–H and O–H groups in total. The van der Waals surface area contributed by atoms with Crippen LogP contribution >= 0.6 is 0 Å². The van der Waals surface area contributed by atoms with Gasteiger partial charge >= 0.3 is 5.97 Å². The van der Waals surface area contributed by atoms with E-state index >= 15 is 0 Å². The van der Waals surface area contributed by atoms with Crippen LogP contribution in [0.5, 0.6) is 0 Å². The smallest absolute Gasteiger partial charge is 0.335 e. The average molecular weight is 315 g/mol. The van der Waals surface area contributed by atoms with Crippen molar-refractivity contribution in [3.05, 3.63) is 52.3 Å². The van der Waals surface area contributed by atoms with Gasteiger partial charge in [0.1, 0.15) is 0 Å². The molecule has 2 aromatic rings. The zero-order chi connectivity index (χ0) is 16.4. The Morgan fingerprint density at radius 2 is 2.30 bits per heavy atom. The Balaban J connectivity index is 1.85. The van der Waals surface area contributed by atoms with E-state index in [2.05, 4.69) is 15.1 Å². The molecule has 0 bridgehead atoms. The van der Waals surface area contributed by atoms with E-state index in [1.54, 1.807) is 18.2 Å². The lowest BCUT2D eigenvalue weighted by molar-refractivity contribution is -0.0131. The lowest BCUT2D eigenvalue weighted by atomic mass is 10.0. The number of morpholine rings is 1. The van der Waals surface area contributed by atoms with E-state index in [0.717, 1.165) is 23.5 Å². The van der Waals surface area contributed by atoms with Crippen molar-refractivity contribution in [1.82, 2.24) is 15.1 Å². The van der Waals surface area contributed by atoms with E-state index in [1.807, 2.05) is 19.9 Å². The number of aromatic carboxylic acids is 1. The zero-order valence-corrected chi connectivity index (χ0v) is 13.4. The van der Waals surface area contributed by atoms with Crippen LogP contribution in [0, 0.1) is 13.8 Å². The number of nitrogens with zero attached hydrogens (tertiary/aromatic N) is 2. The van der Waals surface area contributed by atoms with Gasteiger partial charge in [0.25, 0.3) is 0 Å². The Labute approximate surface area is 135 Å². The summed E-state index contributed by atoms with van der Waals surface area (Å²) in [6, 6.07) is 7.25. The zero-order valence-electron chi connectivity index (χ0n) is 13.4. The summed E-state index contributed by atoms with van der Waals surface area (Å²) in [5.41, 5.74) is 4.54. The second kappa shape index (κ2) is 6.52. The lowest BCUT2D eigenvalue weighted by Crippen LogP contribution is -2.39. The molecule has 0 spiro atoms. The van der Waals surface area contributed by atoms with Crippen molar-refractivity contribution in [3.63, 3.8) is 0 Å². The third kappa shape index (κ3) is 3.28. The number of ether oxygens (including phenoxy) is 1. The van der Waals surface area contributed by atoms with Crippen molar-refractivity contribution in [2.24, 2.45) is 0 Å². The van der Waals surface area contributed by atoms with Crippen molar-refractivity contribution < 1.29 is 14.6 Å². The van der Waals surface area contributed by atoms with Crippen molar-refractivity contribution in [2.45, 2.75) is 26.4 Å². The number of benzene rings is 1. The van der Waals surface area contributed by atoms with Gasteiger partial charge in [-0.1, -0.05) is 12.1 Å². The summed E-state index contributed by atoms with van der Waals surface area (Å²) in [5, 5.41) is 16.5. The van der Waals surface area contributed by atoms with Gasteiger partial charge in [0, 0.05) is 24.3 Å². The van der Waals surface area contributed by atoms with Gasteiger partial charge in [-0.2, -0.15) is 5.10 Å². The number of aromatic amines is 1. The topological polar surface area (TPSA) is 78.5 Å². The molecule has 0 amide bonds. The SMILES string of the molecule is Cc1n[nH]c(C)c1C1COCCN1Cc1cccc(C(=O)O)c1. The first-order valence-electron chi connectivity index (χ1n) is 7.71. The molecule has 0 saturated carbocycles. The number of carboxylic acid groups (broad SMARTS) is 1. The van der Waals surface area contributed by atoms with Crippen molar-refractivity contribution in [3.8, 4) is 0 Å². The van der Waals surface area contributed by atoms with Crippen molar-refractivity contribution in [2.75, 3.05) is 19.8 Å². The molecule has 1 saturated heterocycles. The minimum Gasteiger partial charge on any atom is -0.478 e. The van der Waals surface area contributed by atoms with Gasteiger partial charge in [0.2, 0.25) is 0 Å². The molecule has 23 heavy (non-hydrogen) atoms. The Morgan fingerprint density at radius 3 is 3.00 bits per heavy atom. The van der Waals surface area contributed by atoms with Crippen LogP contribution in [0.3, 0.4) is 0 Å².